The van der Waals surface area contributed by atoms with Crippen LogP contribution in [0, 0.1) is 0 Å². The first kappa shape index (κ1) is 12.3. The van der Waals surface area contributed by atoms with Crippen LogP contribution in [0.4, 0.5) is 5.95 Å². The highest BCUT2D eigenvalue weighted by Gasteiger charge is 2.03. The quantitative estimate of drug-likeness (QED) is 0.874. The third-order valence-corrected chi connectivity index (χ3v) is 3.47. The lowest BCUT2D eigenvalue weighted by atomic mass is 10.2. The van der Waals surface area contributed by atoms with Gasteiger partial charge in [-0.2, -0.15) is 0 Å². The summed E-state index contributed by atoms with van der Waals surface area (Å²) in [6, 6.07) is 5.44. The molecule has 17 heavy (non-hydrogen) atoms. The van der Waals surface area contributed by atoms with E-state index >= 15 is 0 Å². The normalized spacial score (nSPS) is 10.5. The van der Waals surface area contributed by atoms with Crippen molar-refractivity contribution in [2.45, 2.75) is 10.9 Å². The van der Waals surface area contributed by atoms with E-state index in [2.05, 4.69) is 20.4 Å². The second-order valence-electron chi connectivity index (χ2n) is 3.08. The van der Waals surface area contributed by atoms with Crippen molar-refractivity contribution in [2.24, 2.45) is 0 Å². The van der Waals surface area contributed by atoms with E-state index in [1.54, 1.807) is 12.1 Å². The zero-order valence-electron chi connectivity index (χ0n) is 8.47. The molecule has 0 radical (unpaired) electrons. The molecule has 2 rings (SSSR count). The summed E-state index contributed by atoms with van der Waals surface area (Å²) >= 11 is 13.1. The Bertz CT molecular complexity index is 519. The van der Waals surface area contributed by atoms with Crippen molar-refractivity contribution in [3.05, 3.63) is 33.8 Å². The number of nitrogens with two attached hydrogens (primary N) is 1. The predicted molar refractivity (Wildman–Crippen MR) is 68.1 cm³/mol. The standard InChI is InChI=1S/C9H7Cl2N5S/c10-6-2-1-5(3-7(6)11)4-17-9-15-13-8(12)14-16-9/h1-3H,4H2,(H2,12,13,14). The highest BCUT2D eigenvalue weighted by molar-refractivity contribution is 7.98. The molecule has 1 heterocycles. The Morgan fingerprint density at radius 2 is 1.76 bits per heavy atom. The van der Waals surface area contributed by atoms with E-state index in [-0.39, 0.29) is 5.95 Å². The average Bonchev–Trinajstić information content (AvgIpc) is 2.33. The lowest BCUT2D eigenvalue weighted by molar-refractivity contribution is 0.757. The van der Waals surface area contributed by atoms with Crippen molar-refractivity contribution in [1.82, 2.24) is 20.4 Å². The summed E-state index contributed by atoms with van der Waals surface area (Å²) < 4.78 is 0. The highest BCUT2D eigenvalue weighted by atomic mass is 35.5. The van der Waals surface area contributed by atoms with Gasteiger partial charge in [-0.15, -0.1) is 20.4 Å². The summed E-state index contributed by atoms with van der Waals surface area (Å²) in [6.07, 6.45) is 0. The van der Waals surface area contributed by atoms with E-state index in [1.807, 2.05) is 6.07 Å². The van der Waals surface area contributed by atoms with Gasteiger partial charge in [0.15, 0.2) is 0 Å². The number of nitrogens with zero attached hydrogens (tertiary/aromatic N) is 4. The van der Waals surface area contributed by atoms with Gasteiger partial charge in [0.05, 0.1) is 10.0 Å². The fourth-order valence-electron chi connectivity index (χ4n) is 1.06. The van der Waals surface area contributed by atoms with Gasteiger partial charge in [0.1, 0.15) is 0 Å². The molecule has 88 valence electrons. The molecule has 0 bridgehead atoms. The zero-order valence-corrected chi connectivity index (χ0v) is 10.8. The van der Waals surface area contributed by atoms with Crippen molar-refractivity contribution in [3.8, 4) is 0 Å². The van der Waals surface area contributed by atoms with Crippen LogP contribution in [0.1, 0.15) is 5.56 Å². The summed E-state index contributed by atoms with van der Waals surface area (Å²) in [5, 5.41) is 16.3. The minimum atomic E-state index is 0.0592. The molecule has 8 heteroatoms. The van der Waals surface area contributed by atoms with Crippen LogP contribution in [0.3, 0.4) is 0 Å². The lowest BCUT2D eigenvalue weighted by Gasteiger charge is -2.01. The number of anilines is 1. The Labute approximate surface area is 112 Å². The van der Waals surface area contributed by atoms with Gasteiger partial charge in [0.25, 0.3) is 5.95 Å². The van der Waals surface area contributed by atoms with Crippen LogP contribution >= 0.6 is 35.0 Å². The molecule has 0 unspecified atom stereocenters. The van der Waals surface area contributed by atoms with Crippen molar-refractivity contribution in [3.63, 3.8) is 0 Å². The molecule has 1 aromatic heterocycles. The SMILES string of the molecule is Nc1nnc(SCc2ccc(Cl)c(Cl)c2)nn1. The Morgan fingerprint density at radius 3 is 2.41 bits per heavy atom. The predicted octanol–water partition coefficient (Wildman–Crippen LogP) is 2.45. The second kappa shape index (κ2) is 5.48. The van der Waals surface area contributed by atoms with E-state index in [9.17, 15) is 0 Å². The molecule has 5 nitrogen and oxygen atoms in total. The Hall–Kier alpha value is -1.11. The maximum atomic E-state index is 5.90. The summed E-state index contributed by atoms with van der Waals surface area (Å²) in [6.45, 7) is 0. The smallest absolute Gasteiger partial charge is 0.259 e. The minimum Gasteiger partial charge on any atom is -0.365 e. The highest BCUT2D eigenvalue weighted by Crippen LogP contribution is 2.25. The summed E-state index contributed by atoms with van der Waals surface area (Å²) in [5.41, 5.74) is 6.30. The van der Waals surface area contributed by atoms with E-state index in [4.69, 9.17) is 28.9 Å². The van der Waals surface area contributed by atoms with Crippen LogP contribution in [0.15, 0.2) is 23.4 Å². The number of hydrogen-bond donors (Lipinski definition) is 1. The molecule has 0 fully saturated rings. The molecule has 0 aliphatic rings. The van der Waals surface area contributed by atoms with Crippen LogP contribution in [-0.2, 0) is 5.75 Å². The van der Waals surface area contributed by atoms with Crippen molar-refractivity contribution >= 4 is 40.9 Å². The third kappa shape index (κ3) is 3.42. The fourth-order valence-corrected chi connectivity index (χ4v) is 2.06. The number of aromatic nitrogens is 4. The monoisotopic (exact) mass is 287 g/mol. The van der Waals surface area contributed by atoms with Crippen molar-refractivity contribution in [2.75, 3.05) is 5.73 Å². The first-order valence-electron chi connectivity index (χ1n) is 4.55. The summed E-state index contributed by atoms with van der Waals surface area (Å²) in [7, 11) is 0. The minimum absolute atomic E-state index is 0.0592. The zero-order chi connectivity index (χ0) is 12.3. The van der Waals surface area contributed by atoms with Gasteiger partial charge in [-0.25, -0.2) is 0 Å². The molecule has 0 saturated heterocycles. The summed E-state index contributed by atoms with van der Waals surface area (Å²) in [5.74, 6) is 0.716. The Morgan fingerprint density at radius 1 is 1.06 bits per heavy atom. The number of hydrogen-bond acceptors (Lipinski definition) is 6. The average molecular weight is 288 g/mol. The second-order valence-corrected chi connectivity index (χ2v) is 4.83. The van der Waals surface area contributed by atoms with Gasteiger partial charge >= 0.3 is 0 Å². The molecule has 0 aliphatic heterocycles. The van der Waals surface area contributed by atoms with Gasteiger partial charge in [-0.05, 0) is 17.7 Å². The van der Waals surface area contributed by atoms with Gasteiger partial charge in [0.2, 0.25) is 5.16 Å². The van der Waals surface area contributed by atoms with Gasteiger partial charge < -0.3 is 5.73 Å². The van der Waals surface area contributed by atoms with E-state index in [1.165, 1.54) is 11.8 Å². The first-order valence-corrected chi connectivity index (χ1v) is 6.29. The summed E-state index contributed by atoms with van der Waals surface area (Å²) in [4.78, 5) is 0. The van der Waals surface area contributed by atoms with Crippen LogP contribution in [0.2, 0.25) is 10.0 Å². The van der Waals surface area contributed by atoms with Gasteiger partial charge in [-0.1, -0.05) is 41.0 Å². The van der Waals surface area contributed by atoms with Crippen LogP contribution in [-0.4, -0.2) is 20.4 Å². The van der Waals surface area contributed by atoms with Crippen molar-refractivity contribution in [1.29, 1.82) is 0 Å². The number of halogens is 2. The van der Waals surface area contributed by atoms with E-state index in [0.29, 0.717) is 21.0 Å². The third-order valence-electron chi connectivity index (χ3n) is 1.83. The Kier molecular flexibility index (Phi) is 3.98. The number of thioether (sulfide) groups is 1. The van der Waals surface area contributed by atoms with Gasteiger partial charge in [-0.3, -0.25) is 0 Å². The van der Waals surface area contributed by atoms with Crippen molar-refractivity contribution < 1.29 is 0 Å². The largest absolute Gasteiger partial charge is 0.365 e. The molecule has 0 spiro atoms. The van der Waals surface area contributed by atoms with E-state index in [0.717, 1.165) is 5.56 Å². The molecule has 0 amide bonds. The maximum absolute atomic E-state index is 5.90. The first-order chi connectivity index (χ1) is 8.15. The Balaban J connectivity index is 2.02. The number of benzene rings is 1. The molecular weight excluding hydrogens is 281 g/mol. The molecule has 0 atom stereocenters. The molecular formula is C9H7Cl2N5S. The number of rotatable bonds is 3. The lowest BCUT2D eigenvalue weighted by Crippen LogP contribution is -2.01. The van der Waals surface area contributed by atoms with Gasteiger partial charge in [0, 0.05) is 5.75 Å². The topological polar surface area (TPSA) is 77.6 Å². The molecule has 0 saturated carbocycles. The number of nitrogen functional groups attached to an aromatic ring is 1. The molecule has 0 aliphatic carbocycles. The van der Waals surface area contributed by atoms with Crippen LogP contribution in [0.5, 0.6) is 0 Å². The van der Waals surface area contributed by atoms with E-state index < -0.39 is 0 Å². The molecule has 2 aromatic rings. The van der Waals surface area contributed by atoms with Crippen LogP contribution < -0.4 is 5.73 Å². The van der Waals surface area contributed by atoms with Crippen LogP contribution in [0.25, 0.3) is 0 Å². The molecule has 2 N–H and O–H groups in total. The molecule has 1 aromatic carbocycles. The maximum Gasteiger partial charge on any atom is 0.259 e. The fraction of sp³-hybridized carbons (Fsp3) is 0.111.